The molecule has 3 heterocycles. The first-order chi connectivity index (χ1) is 14.2. The summed E-state index contributed by atoms with van der Waals surface area (Å²) in [6, 6.07) is 16.6. The molecule has 0 aliphatic carbocycles. The molecule has 148 valence electrons. The third kappa shape index (κ3) is 3.19. The highest BCUT2D eigenvalue weighted by molar-refractivity contribution is 5.75. The predicted molar refractivity (Wildman–Crippen MR) is 113 cm³/mol. The number of imidazole rings is 1. The smallest absolute Gasteiger partial charge is 0.144 e. The molecule has 1 aliphatic rings. The lowest BCUT2D eigenvalue weighted by Gasteiger charge is -2.23. The lowest BCUT2D eigenvalue weighted by Crippen LogP contribution is -2.24. The minimum Gasteiger partial charge on any atom is -0.494 e. The van der Waals surface area contributed by atoms with Gasteiger partial charge < -0.3 is 9.30 Å². The van der Waals surface area contributed by atoms with Gasteiger partial charge in [0, 0.05) is 25.4 Å². The number of fused-ring (bicyclic) bond motifs is 1. The first-order valence-electron chi connectivity index (χ1n) is 10.1. The summed E-state index contributed by atoms with van der Waals surface area (Å²) < 4.78 is 9.62. The molecule has 1 aliphatic heterocycles. The van der Waals surface area contributed by atoms with Gasteiger partial charge in [-0.05, 0) is 43.7 Å². The van der Waals surface area contributed by atoms with Crippen molar-refractivity contribution in [2.75, 3.05) is 13.7 Å². The van der Waals surface area contributed by atoms with Gasteiger partial charge in [-0.3, -0.25) is 4.90 Å². The van der Waals surface area contributed by atoms with Gasteiger partial charge in [0.05, 0.1) is 30.4 Å². The van der Waals surface area contributed by atoms with E-state index in [0.717, 1.165) is 42.3 Å². The number of aromatic nitrogens is 4. The van der Waals surface area contributed by atoms with Crippen LogP contribution in [-0.2, 0) is 13.6 Å². The van der Waals surface area contributed by atoms with Crippen LogP contribution in [-0.4, -0.2) is 37.9 Å². The summed E-state index contributed by atoms with van der Waals surface area (Å²) >= 11 is 0. The molecule has 2 aromatic carbocycles. The third-order valence-electron chi connectivity index (χ3n) is 5.84. The monoisotopic (exact) mass is 387 g/mol. The van der Waals surface area contributed by atoms with Crippen molar-refractivity contribution in [3.05, 3.63) is 72.3 Å². The molecule has 1 unspecified atom stereocenters. The Kier molecular flexibility index (Phi) is 4.56. The summed E-state index contributed by atoms with van der Waals surface area (Å²) in [5, 5.41) is 4.58. The van der Waals surface area contributed by atoms with Gasteiger partial charge in [-0.1, -0.05) is 24.3 Å². The van der Waals surface area contributed by atoms with Crippen molar-refractivity contribution in [2.24, 2.45) is 7.05 Å². The summed E-state index contributed by atoms with van der Waals surface area (Å²) in [6.45, 7) is 1.94. The van der Waals surface area contributed by atoms with Gasteiger partial charge in [-0.25, -0.2) is 9.67 Å². The number of aryl methyl sites for hydroxylation is 1. The number of nitrogens with zero attached hydrogens (tertiary/aromatic N) is 5. The van der Waals surface area contributed by atoms with Crippen LogP contribution in [0.5, 0.6) is 5.75 Å². The predicted octanol–water partition coefficient (Wildman–Crippen LogP) is 4.10. The fraction of sp³-hybridized carbons (Fsp3) is 0.304. The molecule has 0 radical (unpaired) electrons. The Morgan fingerprint density at radius 1 is 1.10 bits per heavy atom. The zero-order valence-corrected chi connectivity index (χ0v) is 16.8. The fourth-order valence-corrected chi connectivity index (χ4v) is 4.40. The van der Waals surface area contributed by atoms with Gasteiger partial charge in [0.2, 0.25) is 0 Å². The van der Waals surface area contributed by atoms with Crippen molar-refractivity contribution in [1.29, 1.82) is 0 Å². The Morgan fingerprint density at radius 2 is 1.93 bits per heavy atom. The Balaban J connectivity index is 1.40. The summed E-state index contributed by atoms with van der Waals surface area (Å²) in [7, 11) is 3.82. The largest absolute Gasteiger partial charge is 0.494 e. The maximum atomic E-state index is 5.48. The molecule has 6 nitrogen and oxygen atoms in total. The van der Waals surface area contributed by atoms with Crippen LogP contribution in [0, 0.1) is 0 Å². The maximum Gasteiger partial charge on any atom is 0.144 e. The van der Waals surface area contributed by atoms with Crippen molar-refractivity contribution in [1.82, 2.24) is 24.2 Å². The molecule has 0 spiro atoms. The molecule has 29 heavy (non-hydrogen) atoms. The summed E-state index contributed by atoms with van der Waals surface area (Å²) in [6.07, 6.45) is 6.38. The summed E-state index contributed by atoms with van der Waals surface area (Å²) in [5.74, 6) is 1.97. The lowest BCUT2D eigenvalue weighted by atomic mass is 10.2. The van der Waals surface area contributed by atoms with E-state index in [4.69, 9.17) is 9.72 Å². The second-order valence-electron chi connectivity index (χ2n) is 7.61. The first kappa shape index (κ1) is 17.9. The molecule has 4 aromatic rings. The normalized spacial score (nSPS) is 17.2. The van der Waals surface area contributed by atoms with Crippen LogP contribution in [0.1, 0.15) is 30.3 Å². The molecule has 5 rings (SSSR count). The fourth-order valence-electron chi connectivity index (χ4n) is 4.40. The van der Waals surface area contributed by atoms with Gasteiger partial charge in [0.15, 0.2) is 0 Å². The number of ether oxygens (including phenoxy) is 1. The lowest BCUT2D eigenvalue weighted by molar-refractivity contribution is 0.237. The Morgan fingerprint density at radius 3 is 2.79 bits per heavy atom. The first-order valence-corrected chi connectivity index (χ1v) is 10.1. The minimum atomic E-state index is 0.335. The van der Waals surface area contributed by atoms with Crippen LogP contribution in [0.3, 0.4) is 0 Å². The topological polar surface area (TPSA) is 48.1 Å². The quantitative estimate of drug-likeness (QED) is 0.517. The third-order valence-corrected chi connectivity index (χ3v) is 5.84. The van der Waals surface area contributed by atoms with Gasteiger partial charge in [0.25, 0.3) is 0 Å². The number of hydrogen-bond donors (Lipinski definition) is 0. The number of para-hydroxylation sites is 4. The zero-order valence-electron chi connectivity index (χ0n) is 16.8. The maximum absolute atomic E-state index is 5.48. The van der Waals surface area contributed by atoms with Crippen LogP contribution in [0.15, 0.2) is 60.9 Å². The number of benzene rings is 2. The van der Waals surface area contributed by atoms with Gasteiger partial charge >= 0.3 is 0 Å². The average Bonchev–Trinajstić information content (AvgIpc) is 3.48. The van der Waals surface area contributed by atoms with Crippen LogP contribution < -0.4 is 4.74 Å². The highest BCUT2D eigenvalue weighted by Gasteiger charge is 2.30. The SMILES string of the molecule is COc1ccccc1-n1cc(CN2CCCC2c2nc3ccccc3n2C)cn1. The number of likely N-dealkylation sites (tertiary alicyclic amines) is 1. The molecular formula is C23H25N5O. The van der Waals surface area contributed by atoms with Crippen LogP contribution in [0.25, 0.3) is 16.7 Å². The van der Waals surface area contributed by atoms with E-state index >= 15 is 0 Å². The molecule has 0 bridgehead atoms. The molecular weight excluding hydrogens is 362 g/mol. The van der Waals surface area contributed by atoms with Crippen molar-refractivity contribution >= 4 is 11.0 Å². The van der Waals surface area contributed by atoms with Crippen LogP contribution in [0.2, 0.25) is 0 Å². The Bertz CT molecular complexity index is 1150. The highest BCUT2D eigenvalue weighted by atomic mass is 16.5. The van der Waals surface area contributed by atoms with Crippen LogP contribution >= 0.6 is 0 Å². The molecule has 6 heteroatoms. The van der Waals surface area contributed by atoms with E-state index in [-0.39, 0.29) is 0 Å². The van der Waals surface area contributed by atoms with E-state index in [2.05, 4.69) is 52.1 Å². The van der Waals surface area contributed by atoms with Crippen molar-refractivity contribution in [3.8, 4) is 11.4 Å². The van der Waals surface area contributed by atoms with E-state index in [0.29, 0.717) is 6.04 Å². The van der Waals surface area contributed by atoms with Crippen LogP contribution in [0.4, 0.5) is 0 Å². The van der Waals surface area contributed by atoms with E-state index in [1.54, 1.807) is 7.11 Å². The van der Waals surface area contributed by atoms with E-state index in [1.165, 1.54) is 17.5 Å². The van der Waals surface area contributed by atoms with E-state index in [1.807, 2.05) is 35.1 Å². The summed E-state index contributed by atoms with van der Waals surface area (Å²) in [4.78, 5) is 7.46. The van der Waals surface area contributed by atoms with Crippen molar-refractivity contribution < 1.29 is 4.74 Å². The molecule has 1 fully saturated rings. The molecule has 1 atom stereocenters. The van der Waals surface area contributed by atoms with E-state index < -0.39 is 0 Å². The number of hydrogen-bond acceptors (Lipinski definition) is 4. The van der Waals surface area contributed by atoms with Gasteiger partial charge in [-0.2, -0.15) is 5.10 Å². The molecule has 0 amide bonds. The highest BCUT2D eigenvalue weighted by Crippen LogP contribution is 2.34. The zero-order chi connectivity index (χ0) is 19.8. The molecule has 0 N–H and O–H groups in total. The van der Waals surface area contributed by atoms with Crippen molar-refractivity contribution in [3.63, 3.8) is 0 Å². The van der Waals surface area contributed by atoms with Gasteiger partial charge in [-0.15, -0.1) is 0 Å². The molecule has 1 saturated heterocycles. The second kappa shape index (κ2) is 7.37. The molecule has 0 saturated carbocycles. The average molecular weight is 387 g/mol. The number of methoxy groups -OCH3 is 1. The second-order valence-corrected chi connectivity index (χ2v) is 7.61. The van der Waals surface area contributed by atoms with Crippen molar-refractivity contribution in [2.45, 2.75) is 25.4 Å². The van der Waals surface area contributed by atoms with E-state index in [9.17, 15) is 0 Å². The number of rotatable bonds is 5. The Hall–Kier alpha value is -3.12. The van der Waals surface area contributed by atoms with Gasteiger partial charge in [0.1, 0.15) is 17.3 Å². The Labute approximate surface area is 170 Å². The standard InChI is InChI=1S/C23H25N5O/c1-26-19-9-4-3-8-18(19)25-23(26)21-11-7-13-27(21)15-17-14-24-28(16-17)20-10-5-6-12-22(20)29-2/h3-6,8-10,12,14,16,21H,7,11,13,15H2,1-2H3. The minimum absolute atomic E-state index is 0.335. The summed E-state index contributed by atoms with van der Waals surface area (Å²) in [5.41, 5.74) is 4.41. The molecule has 2 aromatic heterocycles.